The molecule has 4 heteroatoms. The van der Waals surface area contributed by atoms with Crippen molar-refractivity contribution in [3.63, 3.8) is 0 Å². The van der Waals surface area contributed by atoms with Crippen molar-refractivity contribution < 1.29 is 9.90 Å². The Balaban J connectivity index is 2.44. The lowest BCUT2D eigenvalue weighted by Gasteiger charge is -2.29. The minimum atomic E-state index is -0.201. The first-order valence-corrected chi connectivity index (χ1v) is 7.08. The van der Waals surface area contributed by atoms with E-state index in [1.165, 1.54) is 0 Å². The summed E-state index contributed by atoms with van der Waals surface area (Å²) in [4.78, 5) is 12.1. The minimum absolute atomic E-state index is 0.0467. The largest absolute Gasteiger partial charge is 0.396 e. The standard InChI is InChI=1S/C14H28N2O2/c1-5-14(3,4)16-13(18)10(2)15-12-8-6-7-11(12)9-17/h10-12,15,17H,5-9H2,1-4H3,(H,16,18). The molecule has 0 bridgehead atoms. The Morgan fingerprint density at radius 1 is 1.44 bits per heavy atom. The van der Waals surface area contributed by atoms with E-state index in [2.05, 4.69) is 17.6 Å². The maximum absolute atomic E-state index is 12.1. The van der Waals surface area contributed by atoms with Gasteiger partial charge in [0.05, 0.1) is 6.04 Å². The normalized spacial score (nSPS) is 26.1. The van der Waals surface area contributed by atoms with E-state index in [9.17, 15) is 9.90 Å². The highest BCUT2D eigenvalue weighted by molar-refractivity contribution is 5.82. The van der Waals surface area contributed by atoms with Crippen molar-refractivity contribution in [3.05, 3.63) is 0 Å². The van der Waals surface area contributed by atoms with Gasteiger partial charge in [-0.1, -0.05) is 13.3 Å². The van der Waals surface area contributed by atoms with Crippen molar-refractivity contribution in [1.29, 1.82) is 0 Å². The molecule has 0 radical (unpaired) electrons. The van der Waals surface area contributed by atoms with E-state index in [1.54, 1.807) is 0 Å². The number of hydrogen-bond acceptors (Lipinski definition) is 3. The zero-order valence-corrected chi connectivity index (χ0v) is 12.1. The topological polar surface area (TPSA) is 61.4 Å². The summed E-state index contributed by atoms with van der Waals surface area (Å²) >= 11 is 0. The van der Waals surface area contributed by atoms with Crippen molar-refractivity contribution in [3.8, 4) is 0 Å². The Morgan fingerprint density at radius 3 is 2.67 bits per heavy atom. The molecule has 1 saturated carbocycles. The van der Waals surface area contributed by atoms with E-state index >= 15 is 0 Å². The van der Waals surface area contributed by atoms with Gasteiger partial charge in [0.25, 0.3) is 0 Å². The molecule has 4 nitrogen and oxygen atoms in total. The van der Waals surface area contributed by atoms with E-state index < -0.39 is 0 Å². The number of hydrogen-bond donors (Lipinski definition) is 3. The summed E-state index contributed by atoms with van der Waals surface area (Å²) in [5.74, 6) is 0.352. The Labute approximate surface area is 111 Å². The van der Waals surface area contributed by atoms with Crippen LogP contribution in [0.1, 0.15) is 53.4 Å². The lowest BCUT2D eigenvalue weighted by molar-refractivity contribution is -0.124. The fourth-order valence-electron chi connectivity index (χ4n) is 2.40. The summed E-state index contributed by atoms with van der Waals surface area (Å²) in [6.45, 7) is 8.24. The molecule has 0 heterocycles. The van der Waals surface area contributed by atoms with Gasteiger partial charge in [-0.3, -0.25) is 4.79 Å². The summed E-state index contributed by atoms with van der Waals surface area (Å²) < 4.78 is 0. The number of nitrogens with one attached hydrogen (secondary N) is 2. The van der Waals surface area contributed by atoms with Crippen molar-refractivity contribution in [2.75, 3.05) is 6.61 Å². The summed E-state index contributed by atoms with van der Waals surface area (Å²) in [6, 6.07) is 0.0773. The van der Waals surface area contributed by atoms with Crippen LogP contribution in [0.4, 0.5) is 0 Å². The third kappa shape index (κ3) is 4.25. The molecule has 18 heavy (non-hydrogen) atoms. The molecule has 3 N–H and O–H groups in total. The number of aliphatic hydroxyl groups is 1. The quantitative estimate of drug-likeness (QED) is 0.674. The molecule has 0 aliphatic heterocycles. The maximum Gasteiger partial charge on any atom is 0.237 e. The van der Waals surface area contributed by atoms with Crippen molar-refractivity contribution in [2.24, 2.45) is 5.92 Å². The monoisotopic (exact) mass is 256 g/mol. The highest BCUT2D eigenvalue weighted by Crippen LogP contribution is 2.25. The zero-order valence-electron chi connectivity index (χ0n) is 12.1. The third-order valence-corrected chi connectivity index (χ3v) is 4.10. The van der Waals surface area contributed by atoms with Gasteiger partial charge in [-0.25, -0.2) is 0 Å². The van der Waals surface area contributed by atoms with Gasteiger partial charge in [0.2, 0.25) is 5.91 Å². The van der Waals surface area contributed by atoms with Crippen LogP contribution in [-0.4, -0.2) is 35.2 Å². The Morgan fingerprint density at radius 2 is 2.11 bits per heavy atom. The molecule has 0 spiro atoms. The number of aliphatic hydroxyl groups excluding tert-OH is 1. The number of carbonyl (C=O) groups is 1. The van der Waals surface area contributed by atoms with Gasteiger partial charge >= 0.3 is 0 Å². The minimum Gasteiger partial charge on any atom is -0.396 e. The van der Waals surface area contributed by atoms with Crippen molar-refractivity contribution in [2.45, 2.75) is 71.0 Å². The van der Waals surface area contributed by atoms with Crippen LogP contribution in [0.2, 0.25) is 0 Å². The molecule has 3 unspecified atom stereocenters. The molecule has 0 saturated heterocycles. The van der Waals surface area contributed by atoms with Crippen LogP contribution in [0.5, 0.6) is 0 Å². The Kier molecular flexibility index (Phi) is 5.60. The maximum atomic E-state index is 12.1. The predicted octanol–water partition coefficient (Wildman–Crippen LogP) is 1.43. The Hall–Kier alpha value is -0.610. The van der Waals surface area contributed by atoms with Crippen molar-refractivity contribution in [1.82, 2.24) is 10.6 Å². The summed E-state index contributed by atoms with van der Waals surface area (Å²) in [7, 11) is 0. The van der Waals surface area contributed by atoms with Gasteiger partial charge in [-0.05, 0) is 46.0 Å². The molecule has 0 aromatic carbocycles. The average molecular weight is 256 g/mol. The second-order valence-electron chi connectivity index (χ2n) is 6.10. The van der Waals surface area contributed by atoms with Gasteiger partial charge < -0.3 is 15.7 Å². The van der Waals surface area contributed by atoms with E-state index in [1.807, 2.05) is 20.8 Å². The third-order valence-electron chi connectivity index (χ3n) is 4.10. The van der Waals surface area contributed by atoms with Gasteiger partial charge in [-0.15, -0.1) is 0 Å². The molecule has 0 aromatic heterocycles. The van der Waals surface area contributed by atoms with E-state index in [4.69, 9.17) is 0 Å². The van der Waals surface area contributed by atoms with Crippen LogP contribution >= 0.6 is 0 Å². The van der Waals surface area contributed by atoms with Crippen LogP contribution in [0.25, 0.3) is 0 Å². The van der Waals surface area contributed by atoms with Gasteiger partial charge in [0, 0.05) is 18.2 Å². The highest BCUT2D eigenvalue weighted by atomic mass is 16.3. The summed E-state index contributed by atoms with van der Waals surface area (Å²) in [5, 5.41) is 15.7. The van der Waals surface area contributed by atoms with E-state index in [0.717, 1.165) is 25.7 Å². The van der Waals surface area contributed by atoms with E-state index in [-0.39, 0.29) is 30.1 Å². The van der Waals surface area contributed by atoms with Crippen LogP contribution in [0.15, 0.2) is 0 Å². The molecule has 0 aromatic rings. The van der Waals surface area contributed by atoms with Crippen LogP contribution < -0.4 is 10.6 Å². The first-order chi connectivity index (χ1) is 8.39. The van der Waals surface area contributed by atoms with Crippen LogP contribution in [0, 0.1) is 5.92 Å². The molecular formula is C14H28N2O2. The first kappa shape index (κ1) is 15.4. The van der Waals surface area contributed by atoms with Crippen LogP contribution in [0.3, 0.4) is 0 Å². The number of amides is 1. The smallest absolute Gasteiger partial charge is 0.237 e. The molecule has 1 aliphatic rings. The molecule has 1 fully saturated rings. The van der Waals surface area contributed by atoms with Gasteiger partial charge in [0.1, 0.15) is 0 Å². The molecular weight excluding hydrogens is 228 g/mol. The molecule has 1 aliphatic carbocycles. The lowest BCUT2D eigenvalue weighted by atomic mass is 10.0. The Bertz CT molecular complexity index is 279. The zero-order chi connectivity index (χ0) is 13.8. The molecule has 106 valence electrons. The van der Waals surface area contributed by atoms with Crippen molar-refractivity contribution >= 4 is 5.91 Å². The lowest BCUT2D eigenvalue weighted by Crippen LogP contribution is -2.53. The predicted molar refractivity (Wildman–Crippen MR) is 73.3 cm³/mol. The molecule has 3 atom stereocenters. The van der Waals surface area contributed by atoms with Gasteiger partial charge in [0.15, 0.2) is 0 Å². The fraction of sp³-hybridized carbons (Fsp3) is 0.929. The van der Waals surface area contributed by atoms with E-state index in [0.29, 0.717) is 5.92 Å². The molecule has 1 amide bonds. The molecule has 1 rings (SSSR count). The highest BCUT2D eigenvalue weighted by Gasteiger charge is 2.30. The SMILES string of the molecule is CCC(C)(C)NC(=O)C(C)NC1CCCC1CO. The fourth-order valence-corrected chi connectivity index (χ4v) is 2.40. The average Bonchev–Trinajstić information content (AvgIpc) is 2.75. The summed E-state index contributed by atoms with van der Waals surface area (Å²) in [6.07, 6.45) is 4.16. The summed E-state index contributed by atoms with van der Waals surface area (Å²) in [5.41, 5.74) is -0.154. The first-order valence-electron chi connectivity index (χ1n) is 7.08. The second-order valence-corrected chi connectivity index (χ2v) is 6.10. The second kappa shape index (κ2) is 6.53. The van der Waals surface area contributed by atoms with Crippen LogP contribution in [-0.2, 0) is 4.79 Å². The number of carbonyl (C=O) groups excluding carboxylic acids is 1. The van der Waals surface area contributed by atoms with Gasteiger partial charge in [-0.2, -0.15) is 0 Å². The number of rotatable bonds is 6.